The summed E-state index contributed by atoms with van der Waals surface area (Å²) in [6.07, 6.45) is 1.78. The van der Waals surface area contributed by atoms with E-state index in [4.69, 9.17) is 4.74 Å². The zero-order valence-electron chi connectivity index (χ0n) is 14.6. The number of ether oxygens (including phenoxy) is 1. The molecular formula is C20H21N3O2. The molecule has 0 spiro atoms. The highest BCUT2D eigenvalue weighted by Crippen LogP contribution is 2.20. The van der Waals surface area contributed by atoms with E-state index in [1.54, 1.807) is 13.3 Å². The van der Waals surface area contributed by atoms with E-state index in [0.29, 0.717) is 12.1 Å². The smallest absolute Gasteiger partial charge is 0.257 e. The first kappa shape index (κ1) is 16.8. The summed E-state index contributed by atoms with van der Waals surface area (Å²) in [6, 6.07) is 15.0. The first-order chi connectivity index (χ1) is 12.1. The van der Waals surface area contributed by atoms with Gasteiger partial charge in [0, 0.05) is 23.3 Å². The number of nitrogens with one attached hydrogen (secondary N) is 1. The van der Waals surface area contributed by atoms with Gasteiger partial charge >= 0.3 is 0 Å². The number of rotatable bonds is 5. The lowest BCUT2D eigenvalue weighted by molar-refractivity contribution is 0.102. The van der Waals surface area contributed by atoms with E-state index in [-0.39, 0.29) is 5.91 Å². The Labute approximate surface area is 147 Å². The predicted molar refractivity (Wildman–Crippen MR) is 98.2 cm³/mol. The van der Waals surface area contributed by atoms with Crippen LogP contribution in [-0.4, -0.2) is 22.6 Å². The Morgan fingerprint density at radius 1 is 1.16 bits per heavy atom. The Kier molecular flexibility index (Phi) is 4.84. The molecule has 2 heterocycles. The number of nitrogens with zero attached hydrogens (tertiary/aromatic N) is 2. The molecule has 5 nitrogen and oxygen atoms in total. The number of aryl methyl sites for hydroxylation is 1. The van der Waals surface area contributed by atoms with E-state index in [1.807, 2.05) is 62.4 Å². The SMILES string of the molecule is COc1ccc(NC(=O)c2cc(C)n(Cc3ccccn3)c2C)cc1. The lowest BCUT2D eigenvalue weighted by Crippen LogP contribution is -2.13. The molecular weight excluding hydrogens is 314 g/mol. The van der Waals surface area contributed by atoms with Crippen LogP contribution in [0.2, 0.25) is 0 Å². The molecule has 0 aliphatic carbocycles. The number of hydrogen-bond acceptors (Lipinski definition) is 3. The molecule has 3 rings (SSSR count). The van der Waals surface area contributed by atoms with Gasteiger partial charge in [0.1, 0.15) is 5.75 Å². The maximum atomic E-state index is 12.6. The fourth-order valence-corrected chi connectivity index (χ4v) is 2.80. The largest absolute Gasteiger partial charge is 0.497 e. The Morgan fingerprint density at radius 2 is 1.92 bits per heavy atom. The van der Waals surface area contributed by atoms with Crippen LogP contribution < -0.4 is 10.1 Å². The second kappa shape index (κ2) is 7.21. The first-order valence-corrected chi connectivity index (χ1v) is 8.10. The highest BCUT2D eigenvalue weighted by atomic mass is 16.5. The van der Waals surface area contributed by atoms with E-state index in [1.165, 1.54) is 0 Å². The van der Waals surface area contributed by atoms with E-state index in [2.05, 4.69) is 14.9 Å². The van der Waals surface area contributed by atoms with Crippen LogP contribution in [0.3, 0.4) is 0 Å². The molecule has 0 aliphatic rings. The van der Waals surface area contributed by atoms with Crippen LogP contribution in [0.4, 0.5) is 5.69 Å². The molecule has 0 radical (unpaired) electrons. The molecule has 3 aromatic rings. The highest BCUT2D eigenvalue weighted by Gasteiger charge is 2.16. The van der Waals surface area contributed by atoms with Crippen molar-refractivity contribution in [1.29, 1.82) is 0 Å². The molecule has 0 fully saturated rings. The lowest BCUT2D eigenvalue weighted by Gasteiger charge is -2.10. The van der Waals surface area contributed by atoms with Gasteiger partial charge in [0.05, 0.1) is 24.9 Å². The van der Waals surface area contributed by atoms with E-state index in [0.717, 1.165) is 28.5 Å². The van der Waals surface area contributed by atoms with Gasteiger partial charge in [0.15, 0.2) is 0 Å². The summed E-state index contributed by atoms with van der Waals surface area (Å²) in [7, 11) is 1.62. The van der Waals surface area contributed by atoms with Crippen LogP contribution in [0.1, 0.15) is 27.4 Å². The van der Waals surface area contributed by atoms with E-state index >= 15 is 0 Å². The zero-order chi connectivity index (χ0) is 17.8. The van der Waals surface area contributed by atoms with Gasteiger partial charge < -0.3 is 14.6 Å². The van der Waals surface area contributed by atoms with Gasteiger partial charge in [-0.1, -0.05) is 6.07 Å². The first-order valence-electron chi connectivity index (χ1n) is 8.10. The molecule has 1 N–H and O–H groups in total. The van der Waals surface area contributed by atoms with Crippen molar-refractivity contribution in [2.75, 3.05) is 12.4 Å². The molecule has 0 atom stereocenters. The number of carbonyl (C=O) groups excluding carboxylic acids is 1. The Balaban J connectivity index is 1.80. The monoisotopic (exact) mass is 335 g/mol. The number of pyridine rings is 1. The van der Waals surface area contributed by atoms with Crippen LogP contribution >= 0.6 is 0 Å². The molecule has 0 saturated carbocycles. The minimum Gasteiger partial charge on any atom is -0.497 e. The summed E-state index contributed by atoms with van der Waals surface area (Å²) in [4.78, 5) is 17.0. The molecule has 128 valence electrons. The summed E-state index contributed by atoms with van der Waals surface area (Å²) in [5.41, 5.74) is 4.33. The quantitative estimate of drug-likeness (QED) is 0.771. The third-order valence-corrected chi connectivity index (χ3v) is 4.21. The van der Waals surface area contributed by atoms with Crippen LogP contribution in [0.25, 0.3) is 0 Å². The van der Waals surface area contributed by atoms with Gasteiger partial charge in [-0.25, -0.2) is 0 Å². The molecule has 0 aliphatic heterocycles. The van der Waals surface area contributed by atoms with Crippen LogP contribution in [0.5, 0.6) is 5.75 Å². The highest BCUT2D eigenvalue weighted by molar-refractivity contribution is 6.05. The average Bonchev–Trinajstić information content (AvgIpc) is 2.91. The molecule has 1 amide bonds. The van der Waals surface area contributed by atoms with Crippen LogP contribution in [0, 0.1) is 13.8 Å². The van der Waals surface area contributed by atoms with Crippen LogP contribution in [0.15, 0.2) is 54.7 Å². The maximum absolute atomic E-state index is 12.6. The maximum Gasteiger partial charge on any atom is 0.257 e. The molecule has 5 heteroatoms. The van der Waals surface area contributed by atoms with Crippen molar-refractivity contribution in [3.05, 3.63) is 77.4 Å². The Bertz CT molecular complexity index is 868. The molecule has 0 bridgehead atoms. The predicted octanol–water partition coefficient (Wildman–Crippen LogP) is 3.81. The molecule has 0 saturated heterocycles. The number of benzene rings is 1. The minimum absolute atomic E-state index is 0.120. The van der Waals surface area contributed by atoms with Gasteiger partial charge in [-0.15, -0.1) is 0 Å². The summed E-state index contributed by atoms with van der Waals surface area (Å²) in [5.74, 6) is 0.636. The van der Waals surface area contributed by atoms with Crippen molar-refractivity contribution in [3.8, 4) is 5.75 Å². The molecule has 0 unspecified atom stereocenters. The second-order valence-corrected chi connectivity index (χ2v) is 5.87. The Morgan fingerprint density at radius 3 is 2.56 bits per heavy atom. The van der Waals surface area contributed by atoms with Gasteiger partial charge in [-0.05, 0) is 56.3 Å². The van der Waals surface area contributed by atoms with E-state index < -0.39 is 0 Å². The number of methoxy groups -OCH3 is 1. The number of amides is 1. The van der Waals surface area contributed by atoms with Gasteiger partial charge in [0.2, 0.25) is 0 Å². The van der Waals surface area contributed by atoms with Crippen molar-refractivity contribution in [2.45, 2.75) is 20.4 Å². The summed E-state index contributed by atoms with van der Waals surface area (Å²) in [5, 5.41) is 2.93. The number of carbonyl (C=O) groups is 1. The lowest BCUT2D eigenvalue weighted by atomic mass is 10.2. The number of anilines is 1. The van der Waals surface area contributed by atoms with Gasteiger partial charge in [-0.3, -0.25) is 9.78 Å². The standard InChI is InChI=1S/C20H21N3O2/c1-14-12-19(15(2)23(14)13-17-6-4-5-11-21-17)20(24)22-16-7-9-18(25-3)10-8-16/h4-12H,13H2,1-3H3,(H,22,24). The summed E-state index contributed by atoms with van der Waals surface area (Å²) >= 11 is 0. The molecule has 2 aromatic heterocycles. The van der Waals surface area contributed by atoms with Gasteiger partial charge in [0.25, 0.3) is 5.91 Å². The van der Waals surface area contributed by atoms with Crippen LogP contribution in [-0.2, 0) is 6.54 Å². The average molecular weight is 335 g/mol. The fraction of sp³-hybridized carbons (Fsp3) is 0.200. The van der Waals surface area contributed by atoms with Crippen molar-refractivity contribution in [1.82, 2.24) is 9.55 Å². The van der Waals surface area contributed by atoms with E-state index in [9.17, 15) is 4.79 Å². The van der Waals surface area contributed by atoms with Crippen molar-refractivity contribution in [2.24, 2.45) is 0 Å². The number of aromatic nitrogens is 2. The number of hydrogen-bond donors (Lipinski definition) is 1. The third-order valence-electron chi connectivity index (χ3n) is 4.21. The van der Waals surface area contributed by atoms with Crippen molar-refractivity contribution in [3.63, 3.8) is 0 Å². The Hall–Kier alpha value is -3.08. The van der Waals surface area contributed by atoms with Gasteiger partial charge in [-0.2, -0.15) is 0 Å². The zero-order valence-corrected chi connectivity index (χ0v) is 14.6. The second-order valence-electron chi connectivity index (χ2n) is 5.87. The normalized spacial score (nSPS) is 10.5. The summed E-state index contributed by atoms with van der Waals surface area (Å²) < 4.78 is 7.23. The topological polar surface area (TPSA) is 56.1 Å². The molecule has 25 heavy (non-hydrogen) atoms. The van der Waals surface area contributed by atoms with Crippen molar-refractivity contribution >= 4 is 11.6 Å². The fourth-order valence-electron chi connectivity index (χ4n) is 2.80. The molecule has 1 aromatic carbocycles. The van der Waals surface area contributed by atoms with Crippen molar-refractivity contribution < 1.29 is 9.53 Å². The summed E-state index contributed by atoms with van der Waals surface area (Å²) in [6.45, 7) is 4.60. The minimum atomic E-state index is -0.120. The third kappa shape index (κ3) is 3.71.